The number of urea groups is 1. The minimum absolute atomic E-state index is 0.172. The number of halogens is 1. The normalized spacial score (nSPS) is 24.4. The van der Waals surface area contributed by atoms with E-state index in [0.717, 1.165) is 37.0 Å². The van der Waals surface area contributed by atoms with Crippen LogP contribution in [0.25, 0.3) is 0 Å². The molecule has 0 aromatic rings. The molecule has 0 fully saturated rings. The van der Waals surface area contributed by atoms with Gasteiger partial charge in [-0.15, -0.1) is 11.6 Å². The van der Waals surface area contributed by atoms with Crippen molar-refractivity contribution < 1.29 is 9.59 Å². The van der Waals surface area contributed by atoms with Gasteiger partial charge in [0.15, 0.2) is 0 Å². The van der Waals surface area contributed by atoms with Gasteiger partial charge in [0.25, 0.3) is 0 Å². The molecule has 0 spiro atoms. The van der Waals surface area contributed by atoms with E-state index >= 15 is 0 Å². The van der Waals surface area contributed by atoms with Crippen LogP contribution < -0.4 is 11.1 Å². The number of hydrogen-bond donors (Lipinski definition) is 2. The lowest BCUT2D eigenvalue weighted by atomic mass is 9.85. The fourth-order valence-corrected chi connectivity index (χ4v) is 2.85. The first-order chi connectivity index (χ1) is 8.63. The average Bonchev–Trinajstić information content (AvgIpc) is 2.49. The van der Waals surface area contributed by atoms with Gasteiger partial charge in [0, 0.05) is 24.7 Å². The molecule has 6 heteroatoms. The van der Waals surface area contributed by atoms with E-state index in [0.29, 0.717) is 19.0 Å². The first-order valence-electron chi connectivity index (χ1n) is 6.26. The zero-order chi connectivity index (χ0) is 13.1. The Labute approximate surface area is 111 Å². The first kappa shape index (κ1) is 13.2. The van der Waals surface area contributed by atoms with Crippen molar-refractivity contribution in [2.45, 2.75) is 25.7 Å². The van der Waals surface area contributed by atoms with Gasteiger partial charge in [0.1, 0.15) is 0 Å². The quantitative estimate of drug-likeness (QED) is 0.757. The van der Waals surface area contributed by atoms with Crippen molar-refractivity contribution in [3.8, 4) is 0 Å². The molecule has 1 atom stereocenters. The van der Waals surface area contributed by atoms with Crippen molar-refractivity contribution in [3.05, 3.63) is 11.3 Å². The number of carbonyl (C=O) groups excluding carboxylic acids is 2. The lowest BCUT2D eigenvalue weighted by molar-refractivity contribution is -0.121. The number of primary amides is 1. The van der Waals surface area contributed by atoms with E-state index in [1.54, 1.807) is 4.90 Å². The number of carbonyl (C=O) groups is 2. The molecule has 0 aromatic carbocycles. The minimum atomic E-state index is -0.353. The van der Waals surface area contributed by atoms with E-state index in [1.165, 1.54) is 0 Å². The van der Waals surface area contributed by atoms with Crippen LogP contribution in [-0.2, 0) is 4.79 Å². The van der Waals surface area contributed by atoms with Crippen molar-refractivity contribution in [1.82, 2.24) is 10.2 Å². The molecule has 1 aliphatic carbocycles. The van der Waals surface area contributed by atoms with E-state index in [2.05, 4.69) is 5.32 Å². The van der Waals surface area contributed by atoms with Gasteiger partial charge in [-0.25, -0.2) is 4.79 Å². The molecule has 5 nitrogen and oxygen atoms in total. The molecule has 1 heterocycles. The third kappa shape index (κ3) is 2.61. The predicted molar refractivity (Wildman–Crippen MR) is 69.0 cm³/mol. The summed E-state index contributed by atoms with van der Waals surface area (Å²) < 4.78 is 0. The molecule has 0 unspecified atom stereocenters. The second kappa shape index (κ2) is 5.61. The third-order valence-electron chi connectivity index (χ3n) is 3.61. The van der Waals surface area contributed by atoms with Crippen LogP contribution in [0, 0.1) is 5.92 Å². The number of rotatable bonds is 3. The molecule has 2 rings (SSSR count). The number of nitrogens with one attached hydrogen (secondary N) is 1. The van der Waals surface area contributed by atoms with Crippen molar-refractivity contribution in [3.63, 3.8) is 0 Å². The van der Waals surface area contributed by atoms with Gasteiger partial charge in [0.2, 0.25) is 5.91 Å². The van der Waals surface area contributed by atoms with Crippen LogP contribution in [-0.4, -0.2) is 35.8 Å². The summed E-state index contributed by atoms with van der Waals surface area (Å²) in [5, 5.41) is 2.85. The van der Waals surface area contributed by atoms with Gasteiger partial charge in [0.05, 0.1) is 5.92 Å². The predicted octanol–water partition coefficient (Wildman–Crippen LogP) is 1.18. The Bertz CT molecular complexity index is 395. The van der Waals surface area contributed by atoms with Gasteiger partial charge in [-0.1, -0.05) is 0 Å². The fraction of sp³-hybridized carbons (Fsp3) is 0.667. The van der Waals surface area contributed by atoms with Gasteiger partial charge in [-0.3, -0.25) is 4.79 Å². The Hall–Kier alpha value is -1.23. The van der Waals surface area contributed by atoms with Gasteiger partial charge >= 0.3 is 6.03 Å². The molecule has 0 bridgehead atoms. The molecule has 0 aromatic heterocycles. The number of nitrogens with zero attached hydrogens (tertiary/aromatic N) is 1. The minimum Gasteiger partial charge on any atom is -0.369 e. The Morgan fingerprint density at radius 3 is 2.94 bits per heavy atom. The topological polar surface area (TPSA) is 75.4 Å². The number of nitrogens with two attached hydrogens (primary N) is 1. The standard InChI is InChI=1S/C12H18ClN3O2/c13-5-7-16-6-4-8-2-1-3-9(11(14)17)10(8)15-12(16)18/h9H,1-7H2,(H2,14,17)(H,15,18)/t9-/m1/s1. The summed E-state index contributed by atoms with van der Waals surface area (Å²) in [5.41, 5.74) is 7.31. The maximum atomic E-state index is 12.0. The van der Waals surface area contributed by atoms with Crippen LogP contribution in [0.3, 0.4) is 0 Å². The largest absolute Gasteiger partial charge is 0.369 e. The molecular weight excluding hydrogens is 254 g/mol. The molecule has 3 N–H and O–H groups in total. The van der Waals surface area contributed by atoms with Crippen molar-refractivity contribution >= 4 is 23.5 Å². The monoisotopic (exact) mass is 271 g/mol. The molecule has 0 saturated carbocycles. The van der Waals surface area contributed by atoms with E-state index in [1.807, 2.05) is 0 Å². The van der Waals surface area contributed by atoms with Crippen LogP contribution >= 0.6 is 11.6 Å². The van der Waals surface area contributed by atoms with Crippen LogP contribution in [0.5, 0.6) is 0 Å². The molecular formula is C12H18ClN3O2. The Balaban J connectivity index is 2.20. The van der Waals surface area contributed by atoms with Gasteiger partial charge in [-0.05, 0) is 31.3 Å². The molecule has 2 aliphatic rings. The van der Waals surface area contributed by atoms with Gasteiger partial charge < -0.3 is 16.0 Å². The molecule has 18 heavy (non-hydrogen) atoms. The lowest BCUT2D eigenvalue weighted by Gasteiger charge is -2.25. The Morgan fingerprint density at radius 2 is 2.28 bits per heavy atom. The maximum Gasteiger partial charge on any atom is 0.321 e. The zero-order valence-electron chi connectivity index (χ0n) is 10.2. The highest BCUT2D eigenvalue weighted by atomic mass is 35.5. The Kier molecular flexibility index (Phi) is 4.11. The fourth-order valence-electron chi connectivity index (χ4n) is 2.65. The van der Waals surface area contributed by atoms with Crippen LogP contribution in [0.15, 0.2) is 11.3 Å². The summed E-state index contributed by atoms with van der Waals surface area (Å²) in [7, 11) is 0. The number of alkyl halides is 1. The summed E-state index contributed by atoms with van der Waals surface area (Å²) in [6.45, 7) is 1.18. The van der Waals surface area contributed by atoms with E-state index in [4.69, 9.17) is 17.3 Å². The molecule has 1 aliphatic heterocycles. The SMILES string of the molecule is NC(=O)[C@@H]1CCCC2=C1NC(=O)N(CCCl)CC2. The summed E-state index contributed by atoms with van der Waals surface area (Å²) in [6.07, 6.45) is 3.42. The van der Waals surface area contributed by atoms with Crippen LogP contribution in [0.4, 0.5) is 4.79 Å². The Morgan fingerprint density at radius 1 is 1.50 bits per heavy atom. The second-order valence-corrected chi connectivity index (χ2v) is 5.10. The number of amides is 3. The van der Waals surface area contributed by atoms with Gasteiger partial charge in [-0.2, -0.15) is 0 Å². The molecule has 0 saturated heterocycles. The zero-order valence-corrected chi connectivity index (χ0v) is 11.0. The first-order valence-corrected chi connectivity index (χ1v) is 6.80. The number of hydrogen-bond acceptors (Lipinski definition) is 2. The summed E-state index contributed by atoms with van der Waals surface area (Å²) in [5.74, 6) is -0.279. The molecule has 0 radical (unpaired) electrons. The van der Waals surface area contributed by atoms with Crippen LogP contribution in [0.2, 0.25) is 0 Å². The maximum absolute atomic E-state index is 12.0. The highest BCUT2D eigenvalue weighted by Gasteiger charge is 2.31. The second-order valence-electron chi connectivity index (χ2n) is 4.72. The smallest absolute Gasteiger partial charge is 0.321 e. The third-order valence-corrected chi connectivity index (χ3v) is 3.78. The average molecular weight is 272 g/mol. The van der Waals surface area contributed by atoms with E-state index in [9.17, 15) is 9.59 Å². The summed E-state index contributed by atoms with van der Waals surface area (Å²) >= 11 is 5.68. The molecule has 3 amide bonds. The summed E-state index contributed by atoms with van der Waals surface area (Å²) in [6, 6.07) is -0.172. The lowest BCUT2D eigenvalue weighted by Crippen LogP contribution is -2.42. The van der Waals surface area contributed by atoms with Crippen LogP contribution in [0.1, 0.15) is 25.7 Å². The molecule has 100 valence electrons. The highest BCUT2D eigenvalue weighted by molar-refractivity contribution is 6.18. The van der Waals surface area contributed by atoms with Crippen molar-refractivity contribution in [2.24, 2.45) is 11.7 Å². The highest BCUT2D eigenvalue weighted by Crippen LogP contribution is 2.31. The van der Waals surface area contributed by atoms with E-state index in [-0.39, 0.29) is 17.9 Å². The van der Waals surface area contributed by atoms with Crippen molar-refractivity contribution in [2.75, 3.05) is 19.0 Å². The van der Waals surface area contributed by atoms with Crippen molar-refractivity contribution in [1.29, 1.82) is 0 Å². The van der Waals surface area contributed by atoms with E-state index < -0.39 is 0 Å². The summed E-state index contributed by atoms with van der Waals surface area (Å²) in [4.78, 5) is 25.1.